The van der Waals surface area contributed by atoms with Crippen LogP contribution in [-0.4, -0.2) is 16.6 Å². The van der Waals surface area contributed by atoms with Crippen LogP contribution in [0.2, 0.25) is 5.02 Å². The van der Waals surface area contributed by atoms with Crippen molar-refractivity contribution < 1.29 is 4.79 Å². The van der Waals surface area contributed by atoms with Crippen molar-refractivity contribution >= 4 is 50.9 Å². The molecule has 0 fully saturated rings. The number of para-hydroxylation sites is 1. The number of carbonyl (C=O) groups is 1. The van der Waals surface area contributed by atoms with Gasteiger partial charge in [-0.05, 0) is 40.2 Å². The van der Waals surface area contributed by atoms with Gasteiger partial charge in [-0.1, -0.05) is 35.5 Å². The molecule has 0 aliphatic carbocycles. The highest BCUT2D eigenvalue weighted by atomic mass is 79.9. The van der Waals surface area contributed by atoms with E-state index >= 15 is 0 Å². The second kappa shape index (κ2) is 6.93. The number of anilines is 1. The summed E-state index contributed by atoms with van der Waals surface area (Å²) >= 11 is 10.7. The van der Waals surface area contributed by atoms with Gasteiger partial charge in [0.25, 0.3) is 0 Å². The molecule has 2 aromatic rings. The highest BCUT2D eigenvalue weighted by molar-refractivity contribution is 9.10. The molecular weight excluding hydrogens is 348 g/mol. The summed E-state index contributed by atoms with van der Waals surface area (Å²) in [6.45, 7) is 0. The molecule has 0 aliphatic heterocycles. The van der Waals surface area contributed by atoms with Gasteiger partial charge in [0.2, 0.25) is 5.91 Å². The van der Waals surface area contributed by atoms with Crippen molar-refractivity contribution in [3.63, 3.8) is 0 Å². The number of halogens is 2. The van der Waals surface area contributed by atoms with Crippen LogP contribution in [0.3, 0.4) is 0 Å². The van der Waals surface area contributed by atoms with Crippen molar-refractivity contribution in [3.8, 4) is 0 Å². The third kappa shape index (κ3) is 4.53. The van der Waals surface area contributed by atoms with Crippen LogP contribution in [0.1, 0.15) is 0 Å². The average Bonchev–Trinajstić information content (AvgIpc) is 2.41. The minimum Gasteiger partial charge on any atom is -0.324 e. The number of nitrogens with one attached hydrogen (secondary N) is 1. The number of carbonyl (C=O) groups excluding carboxylic acids is 1. The quantitative estimate of drug-likeness (QED) is 0.833. The highest BCUT2D eigenvalue weighted by Crippen LogP contribution is 2.22. The average molecular weight is 358 g/mol. The van der Waals surface area contributed by atoms with E-state index in [1.165, 1.54) is 11.8 Å². The number of amides is 1. The van der Waals surface area contributed by atoms with Crippen LogP contribution in [0.15, 0.2) is 52.1 Å². The fraction of sp³-hybridized carbons (Fsp3) is 0.0769. The number of hydrogen-bond acceptors (Lipinski definition) is 3. The number of hydrogen-bond donors (Lipinski definition) is 1. The Hall–Kier alpha value is -1.04. The summed E-state index contributed by atoms with van der Waals surface area (Å²) in [5, 5.41) is 4.10. The van der Waals surface area contributed by atoms with Crippen LogP contribution in [0.25, 0.3) is 0 Å². The predicted molar refractivity (Wildman–Crippen MR) is 82.7 cm³/mol. The fourth-order valence-electron chi connectivity index (χ4n) is 1.34. The van der Waals surface area contributed by atoms with Crippen LogP contribution < -0.4 is 5.32 Å². The molecule has 6 heteroatoms. The number of nitrogens with zero attached hydrogens (tertiary/aromatic N) is 1. The maximum atomic E-state index is 11.8. The van der Waals surface area contributed by atoms with E-state index in [9.17, 15) is 4.79 Å². The van der Waals surface area contributed by atoms with Crippen LogP contribution in [0.4, 0.5) is 5.69 Å². The molecule has 0 spiro atoms. The van der Waals surface area contributed by atoms with Gasteiger partial charge in [0, 0.05) is 10.7 Å². The zero-order valence-electron chi connectivity index (χ0n) is 9.77. The Labute approximate surface area is 128 Å². The van der Waals surface area contributed by atoms with Crippen molar-refractivity contribution in [2.24, 2.45) is 0 Å². The molecule has 0 atom stereocenters. The first kappa shape index (κ1) is 14.4. The van der Waals surface area contributed by atoms with Gasteiger partial charge in [-0.25, -0.2) is 4.98 Å². The van der Waals surface area contributed by atoms with Crippen molar-refractivity contribution in [2.75, 3.05) is 11.1 Å². The Morgan fingerprint density at radius 1 is 1.32 bits per heavy atom. The minimum absolute atomic E-state index is 0.109. The van der Waals surface area contributed by atoms with Gasteiger partial charge in [0.05, 0.1) is 21.5 Å². The Bertz CT molecular complexity index is 577. The number of rotatable bonds is 4. The summed E-state index contributed by atoms with van der Waals surface area (Å²) in [6.07, 6.45) is 1.70. The monoisotopic (exact) mass is 356 g/mol. The van der Waals surface area contributed by atoms with Crippen molar-refractivity contribution in [2.45, 2.75) is 5.03 Å². The predicted octanol–water partition coefficient (Wildman–Crippen LogP) is 4.23. The molecule has 0 aliphatic rings. The number of benzene rings is 1. The lowest BCUT2D eigenvalue weighted by atomic mass is 10.3. The van der Waals surface area contributed by atoms with Crippen molar-refractivity contribution in [1.29, 1.82) is 0 Å². The standard InChI is InChI=1S/C13H10BrClN2OS/c14-9-5-6-13(16-7-9)19-8-12(18)17-11-4-2-1-3-10(11)15/h1-7H,8H2,(H,17,18). The summed E-state index contributed by atoms with van der Waals surface area (Å²) in [4.78, 5) is 16.0. The van der Waals surface area contributed by atoms with Crippen LogP contribution in [0.5, 0.6) is 0 Å². The molecule has 0 radical (unpaired) electrons. The van der Waals surface area contributed by atoms with E-state index in [4.69, 9.17) is 11.6 Å². The second-order valence-electron chi connectivity index (χ2n) is 3.63. The van der Waals surface area contributed by atoms with Gasteiger partial charge in [-0.3, -0.25) is 4.79 Å². The summed E-state index contributed by atoms with van der Waals surface area (Å²) < 4.78 is 0.914. The maximum absolute atomic E-state index is 11.8. The summed E-state index contributed by atoms with van der Waals surface area (Å²) in [5.41, 5.74) is 0.624. The third-order valence-corrected chi connectivity index (χ3v) is 3.94. The first-order chi connectivity index (χ1) is 9.15. The van der Waals surface area contributed by atoms with Crippen LogP contribution in [0, 0.1) is 0 Å². The smallest absolute Gasteiger partial charge is 0.234 e. The Morgan fingerprint density at radius 3 is 2.79 bits per heavy atom. The van der Waals surface area contributed by atoms with Gasteiger partial charge in [-0.15, -0.1) is 0 Å². The lowest BCUT2D eigenvalue weighted by molar-refractivity contribution is -0.113. The second-order valence-corrected chi connectivity index (χ2v) is 5.95. The van der Waals surface area contributed by atoms with E-state index in [2.05, 4.69) is 26.2 Å². The van der Waals surface area contributed by atoms with E-state index in [1.807, 2.05) is 24.3 Å². The minimum atomic E-state index is -0.109. The lowest BCUT2D eigenvalue weighted by Crippen LogP contribution is -2.14. The van der Waals surface area contributed by atoms with Crippen LogP contribution in [-0.2, 0) is 4.79 Å². The molecule has 1 aromatic carbocycles. The normalized spacial score (nSPS) is 10.2. The first-order valence-electron chi connectivity index (χ1n) is 5.44. The largest absolute Gasteiger partial charge is 0.324 e. The molecule has 1 aromatic heterocycles. The van der Waals surface area contributed by atoms with E-state index in [0.717, 1.165) is 9.50 Å². The summed E-state index contributed by atoms with van der Waals surface area (Å²) in [6, 6.07) is 10.9. The molecule has 0 bridgehead atoms. The molecule has 1 N–H and O–H groups in total. The molecule has 98 valence electrons. The van der Waals surface area contributed by atoms with Gasteiger partial charge < -0.3 is 5.32 Å². The summed E-state index contributed by atoms with van der Waals surface area (Å²) in [5.74, 6) is 0.183. The summed E-state index contributed by atoms with van der Waals surface area (Å²) in [7, 11) is 0. The lowest BCUT2D eigenvalue weighted by Gasteiger charge is -2.06. The molecular formula is C13H10BrClN2OS. The number of thioether (sulfide) groups is 1. The molecule has 3 nitrogen and oxygen atoms in total. The fourth-order valence-corrected chi connectivity index (χ4v) is 2.40. The maximum Gasteiger partial charge on any atom is 0.234 e. The Kier molecular flexibility index (Phi) is 5.24. The zero-order chi connectivity index (χ0) is 13.7. The Balaban J connectivity index is 1.88. The third-order valence-electron chi connectivity index (χ3n) is 2.20. The number of pyridine rings is 1. The number of aromatic nitrogens is 1. The molecule has 0 saturated heterocycles. The SMILES string of the molecule is O=C(CSc1ccc(Br)cn1)Nc1ccccc1Cl. The van der Waals surface area contributed by atoms with Gasteiger partial charge in [0.15, 0.2) is 0 Å². The highest BCUT2D eigenvalue weighted by Gasteiger charge is 2.06. The van der Waals surface area contributed by atoms with E-state index < -0.39 is 0 Å². The van der Waals surface area contributed by atoms with Crippen molar-refractivity contribution in [1.82, 2.24) is 4.98 Å². The molecule has 2 rings (SSSR count). The van der Waals surface area contributed by atoms with E-state index in [0.29, 0.717) is 16.5 Å². The van der Waals surface area contributed by atoms with E-state index in [-0.39, 0.29) is 5.91 Å². The van der Waals surface area contributed by atoms with Gasteiger partial charge in [-0.2, -0.15) is 0 Å². The molecule has 0 saturated carbocycles. The molecule has 19 heavy (non-hydrogen) atoms. The molecule has 1 heterocycles. The topological polar surface area (TPSA) is 42.0 Å². The van der Waals surface area contributed by atoms with Crippen molar-refractivity contribution in [3.05, 3.63) is 52.1 Å². The first-order valence-corrected chi connectivity index (χ1v) is 7.59. The van der Waals surface area contributed by atoms with Crippen LogP contribution >= 0.6 is 39.3 Å². The Morgan fingerprint density at radius 2 is 2.11 bits per heavy atom. The van der Waals surface area contributed by atoms with E-state index in [1.54, 1.807) is 18.3 Å². The molecule has 0 unspecified atom stereocenters. The molecule has 1 amide bonds. The zero-order valence-corrected chi connectivity index (χ0v) is 12.9. The van der Waals surface area contributed by atoms with Gasteiger partial charge >= 0.3 is 0 Å². The van der Waals surface area contributed by atoms with Gasteiger partial charge in [0.1, 0.15) is 0 Å².